The highest BCUT2D eigenvalue weighted by molar-refractivity contribution is 7.92. The van der Waals surface area contributed by atoms with Gasteiger partial charge in [-0.05, 0) is 57.9 Å². The molecule has 44 heavy (non-hydrogen) atoms. The van der Waals surface area contributed by atoms with Gasteiger partial charge in [-0.15, -0.1) is 0 Å². The van der Waals surface area contributed by atoms with Crippen molar-refractivity contribution in [3.05, 3.63) is 53.7 Å². The van der Waals surface area contributed by atoms with E-state index in [2.05, 4.69) is 25.5 Å². The largest absolute Gasteiger partial charge is 0.494 e. The fraction of sp³-hybridized carbons (Fsp3) is 0.433. The number of ether oxygens (including phenoxy) is 2. The van der Waals surface area contributed by atoms with Crippen molar-refractivity contribution in [2.24, 2.45) is 0 Å². The topological polar surface area (TPSA) is 129 Å². The first-order valence-corrected chi connectivity index (χ1v) is 16.4. The number of nitrogens with one attached hydrogen (secondary N) is 2. The maximum Gasteiger partial charge on any atom is 0.410 e. The fourth-order valence-electron chi connectivity index (χ4n) is 4.77. The predicted octanol–water partition coefficient (Wildman–Crippen LogP) is 5.86. The van der Waals surface area contributed by atoms with Crippen molar-refractivity contribution in [2.45, 2.75) is 45.3 Å². The number of nitrogens with zero attached hydrogens (tertiary/aromatic N) is 5. The first kappa shape index (κ1) is 32.9. The third-order valence-electron chi connectivity index (χ3n) is 7.23. The molecule has 2 aromatic carbocycles. The molecule has 4 rings (SSSR count). The first-order valence-electron chi connectivity index (χ1n) is 14.1. The summed E-state index contributed by atoms with van der Waals surface area (Å²) in [5.74, 6) is 1.17. The number of carbonyl (C=O) groups is 1. The van der Waals surface area contributed by atoms with E-state index in [1.54, 1.807) is 43.3 Å². The molecule has 1 amide bonds. The maximum atomic E-state index is 12.5. The third kappa shape index (κ3) is 8.14. The number of amides is 1. The van der Waals surface area contributed by atoms with Gasteiger partial charge in [0.25, 0.3) is 0 Å². The second-order valence-electron chi connectivity index (χ2n) is 11.6. The van der Waals surface area contributed by atoms with Crippen molar-refractivity contribution in [3.8, 4) is 5.75 Å². The zero-order chi connectivity index (χ0) is 32.2. The van der Waals surface area contributed by atoms with Crippen molar-refractivity contribution in [2.75, 3.05) is 60.4 Å². The van der Waals surface area contributed by atoms with Crippen molar-refractivity contribution >= 4 is 62.2 Å². The van der Waals surface area contributed by atoms with E-state index in [1.807, 2.05) is 39.0 Å². The summed E-state index contributed by atoms with van der Waals surface area (Å²) in [5.41, 5.74) is 2.07. The Morgan fingerprint density at radius 1 is 1.07 bits per heavy atom. The molecule has 238 valence electrons. The molecule has 1 aromatic heterocycles. The van der Waals surface area contributed by atoms with Crippen LogP contribution >= 0.6 is 11.6 Å². The van der Waals surface area contributed by atoms with Gasteiger partial charge in [-0.1, -0.05) is 23.7 Å². The number of benzene rings is 2. The number of hydrogen-bond acceptors (Lipinski definition) is 10. The summed E-state index contributed by atoms with van der Waals surface area (Å²) in [6.07, 6.45) is 3.92. The predicted molar refractivity (Wildman–Crippen MR) is 176 cm³/mol. The van der Waals surface area contributed by atoms with Gasteiger partial charge < -0.3 is 29.9 Å². The number of hydrogen-bond donors (Lipinski definition) is 2. The first-order chi connectivity index (χ1) is 20.7. The Hall–Kier alpha value is -3.97. The number of piperidine rings is 1. The molecular formula is C30H40ClN7O5S. The summed E-state index contributed by atoms with van der Waals surface area (Å²) >= 11 is 6.41. The second kappa shape index (κ2) is 13.3. The number of halogens is 1. The van der Waals surface area contributed by atoms with Crippen LogP contribution in [0.5, 0.6) is 5.75 Å². The van der Waals surface area contributed by atoms with Gasteiger partial charge in [0.1, 0.15) is 16.4 Å². The molecule has 14 heteroatoms. The highest BCUT2D eigenvalue weighted by Crippen LogP contribution is 2.35. The molecule has 1 aliphatic heterocycles. The van der Waals surface area contributed by atoms with Crippen LogP contribution in [0.1, 0.15) is 33.6 Å². The second-order valence-corrected chi connectivity index (χ2v) is 14.0. The molecule has 0 bridgehead atoms. The van der Waals surface area contributed by atoms with E-state index in [-0.39, 0.29) is 23.1 Å². The fourth-order valence-corrected chi connectivity index (χ4v) is 5.42. The Kier molecular flexibility index (Phi) is 9.99. The lowest BCUT2D eigenvalue weighted by atomic mass is 10.0. The quantitative estimate of drug-likeness (QED) is 0.292. The molecule has 0 unspecified atom stereocenters. The summed E-state index contributed by atoms with van der Waals surface area (Å²) in [6, 6.07) is 12.9. The van der Waals surface area contributed by atoms with Gasteiger partial charge in [-0.25, -0.2) is 18.2 Å². The smallest absolute Gasteiger partial charge is 0.410 e. The van der Waals surface area contributed by atoms with E-state index < -0.39 is 15.6 Å². The molecule has 1 aliphatic rings. The lowest BCUT2D eigenvalue weighted by Crippen LogP contribution is -2.47. The molecule has 0 atom stereocenters. The van der Waals surface area contributed by atoms with Crippen LogP contribution in [0.25, 0.3) is 0 Å². The molecule has 0 radical (unpaired) electrons. The molecule has 2 N–H and O–H groups in total. The summed E-state index contributed by atoms with van der Waals surface area (Å²) in [6.45, 7) is 7.15. The molecule has 2 heterocycles. The van der Waals surface area contributed by atoms with Gasteiger partial charge >= 0.3 is 6.09 Å². The SMILES string of the molecule is COc1cc(N2CCC(N(C)C(=O)OC(C)(C)C)CC2)ccc1Nc1ncc(Cl)c(Nc2ccccc2N(C)S(C)(=O)=O)n1. The van der Waals surface area contributed by atoms with Crippen LogP contribution in [0.15, 0.2) is 48.7 Å². The molecule has 12 nitrogen and oxygen atoms in total. The Morgan fingerprint density at radius 2 is 1.75 bits per heavy atom. The summed E-state index contributed by atoms with van der Waals surface area (Å²) in [5, 5.41) is 6.58. The Labute approximate surface area is 264 Å². The van der Waals surface area contributed by atoms with Gasteiger partial charge in [-0.3, -0.25) is 4.31 Å². The van der Waals surface area contributed by atoms with Crippen LogP contribution in [0.2, 0.25) is 5.02 Å². The van der Waals surface area contributed by atoms with Crippen LogP contribution in [-0.2, 0) is 14.8 Å². The van der Waals surface area contributed by atoms with Crippen molar-refractivity contribution < 1.29 is 22.7 Å². The number of rotatable bonds is 9. The summed E-state index contributed by atoms with van der Waals surface area (Å²) < 4.78 is 36.7. The molecular weight excluding hydrogens is 606 g/mol. The highest BCUT2D eigenvalue weighted by Gasteiger charge is 2.29. The van der Waals surface area contributed by atoms with Gasteiger partial charge in [0, 0.05) is 45.0 Å². The van der Waals surface area contributed by atoms with Crippen LogP contribution in [0.3, 0.4) is 0 Å². The number of carbonyl (C=O) groups excluding carboxylic acids is 1. The monoisotopic (exact) mass is 645 g/mol. The Morgan fingerprint density at radius 3 is 2.39 bits per heavy atom. The lowest BCUT2D eigenvalue weighted by Gasteiger charge is -2.38. The number of aromatic nitrogens is 2. The van der Waals surface area contributed by atoms with Gasteiger partial charge in [0.05, 0.1) is 36.6 Å². The standard InChI is InChI=1S/C30H40ClN7O5S/c1-30(2,3)43-29(39)36(4)20-14-16-38(17-15-20)21-12-13-24(26(18-21)42-6)34-28-32-19-22(31)27(35-28)33-23-10-8-9-11-25(23)37(5)44(7,40)41/h8-13,18-20H,14-17H2,1-7H3,(H2,32,33,34,35). The Bertz CT molecular complexity index is 1590. The minimum atomic E-state index is -3.49. The molecule has 0 spiro atoms. The average Bonchev–Trinajstić information content (AvgIpc) is 2.97. The van der Waals surface area contributed by atoms with E-state index in [0.717, 1.165) is 37.9 Å². The van der Waals surface area contributed by atoms with E-state index in [0.29, 0.717) is 28.6 Å². The number of anilines is 6. The van der Waals surface area contributed by atoms with Crippen LogP contribution in [0, 0.1) is 0 Å². The zero-order valence-electron chi connectivity index (χ0n) is 26.1. The molecule has 3 aromatic rings. The minimum absolute atomic E-state index is 0.104. The van der Waals surface area contributed by atoms with Gasteiger partial charge in [0.2, 0.25) is 16.0 Å². The molecule has 1 saturated heterocycles. The number of methoxy groups -OCH3 is 1. The number of sulfonamides is 1. The van der Waals surface area contributed by atoms with Crippen LogP contribution < -0.4 is 24.6 Å². The molecule has 0 saturated carbocycles. The van der Waals surface area contributed by atoms with Crippen molar-refractivity contribution in [1.29, 1.82) is 0 Å². The summed E-state index contributed by atoms with van der Waals surface area (Å²) in [4.78, 5) is 25.3. The van der Waals surface area contributed by atoms with E-state index >= 15 is 0 Å². The lowest BCUT2D eigenvalue weighted by molar-refractivity contribution is 0.0201. The van der Waals surface area contributed by atoms with Gasteiger partial charge in [0.15, 0.2) is 5.82 Å². The van der Waals surface area contributed by atoms with E-state index in [9.17, 15) is 13.2 Å². The average molecular weight is 646 g/mol. The maximum absolute atomic E-state index is 12.5. The van der Waals surface area contributed by atoms with Crippen LogP contribution in [0.4, 0.5) is 39.3 Å². The van der Waals surface area contributed by atoms with E-state index in [1.165, 1.54) is 17.5 Å². The normalized spacial score (nSPS) is 14.1. The summed E-state index contributed by atoms with van der Waals surface area (Å²) in [7, 11) is 1.38. The minimum Gasteiger partial charge on any atom is -0.494 e. The molecule has 1 fully saturated rings. The third-order valence-corrected chi connectivity index (χ3v) is 8.70. The Balaban J connectivity index is 1.46. The van der Waals surface area contributed by atoms with Crippen molar-refractivity contribution in [3.63, 3.8) is 0 Å². The van der Waals surface area contributed by atoms with E-state index in [4.69, 9.17) is 21.1 Å². The highest BCUT2D eigenvalue weighted by atomic mass is 35.5. The van der Waals surface area contributed by atoms with Gasteiger partial charge in [-0.2, -0.15) is 4.98 Å². The zero-order valence-corrected chi connectivity index (χ0v) is 27.7. The number of para-hydroxylation sites is 2. The van der Waals surface area contributed by atoms with Crippen molar-refractivity contribution in [1.82, 2.24) is 14.9 Å². The van der Waals surface area contributed by atoms with Crippen LogP contribution in [-0.4, -0.2) is 81.6 Å². The molecule has 0 aliphatic carbocycles.